The molecule has 0 aromatic carbocycles. The number of nitrogens with one attached hydrogen (secondary N) is 3. The van der Waals surface area contributed by atoms with Gasteiger partial charge in [0.25, 0.3) is 0 Å². The summed E-state index contributed by atoms with van der Waals surface area (Å²) in [5.41, 5.74) is -0.210. The van der Waals surface area contributed by atoms with Crippen LogP contribution in [0.15, 0.2) is 18.3 Å². The van der Waals surface area contributed by atoms with Crippen LogP contribution in [-0.2, 0) is 16.1 Å². The third-order valence-electron chi connectivity index (χ3n) is 6.50. The minimum atomic E-state index is -4.53. The Hall–Kier alpha value is -3.05. The molecule has 1 aromatic rings. The first kappa shape index (κ1) is 26.0. The molecule has 0 unspecified atom stereocenters. The van der Waals surface area contributed by atoms with E-state index < -0.39 is 48.4 Å². The Morgan fingerprint density at radius 1 is 1.19 bits per heavy atom. The zero-order valence-corrected chi connectivity index (χ0v) is 20.5. The second-order valence-electron chi connectivity index (χ2n) is 10.8. The van der Waals surface area contributed by atoms with Gasteiger partial charge in [0.15, 0.2) is 0 Å². The molecule has 3 aliphatic rings. The molecule has 198 valence electrons. The molecule has 4 amide bonds. The van der Waals surface area contributed by atoms with Gasteiger partial charge in [0.1, 0.15) is 23.5 Å². The molecule has 0 spiro atoms. The van der Waals surface area contributed by atoms with E-state index >= 15 is 0 Å². The van der Waals surface area contributed by atoms with Crippen LogP contribution in [0.3, 0.4) is 0 Å². The number of rotatable bonds is 8. The molecule has 3 fully saturated rings. The zero-order valence-electron chi connectivity index (χ0n) is 20.5. The van der Waals surface area contributed by atoms with Crippen LogP contribution in [0.1, 0.15) is 52.0 Å². The largest absolute Gasteiger partial charge is 0.444 e. The van der Waals surface area contributed by atoms with Gasteiger partial charge in [0.2, 0.25) is 5.91 Å². The summed E-state index contributed by atoms with van der Waals surface area (Å²) in [5, 5.41) is 7.44. The maximum Gasteiger partial charge on any atom is 0.410 e. The predicted molar refractivity (Wildman–Crippen MR) is 124 cm³/mol. The van der Waals surface area contributed by atoms with Crippen molar-refractivity contribution in [1.29, 1.82) is 0 Å². The molecule has 1 saturated heterocycles. The average Bonchev–Trinajstić information content (AvgIpc) is 3.67. The highest BCUT2D eigenvalue weighted by molar-refractivity contribution is 5.96. The van der Waals surface area contributed by atoms with Gasteiger partial charge in [-0.25, -0.2) is 14.6 Å². The first-order chi connectivity index (χ1) is 16.8. The van der Waals surface area contributed by atoms with Crippen molar-refractivity contribution in [3.05, 3.63) is 23.9 Å². The highest BCUT2D eigenvalue weighted by atomic mass is 19.4. The van der Waals surface area contributed by atoms with Crippen LogP contribution < -0.4 is 16.0 Å². The second kappa shape index (κ2) is 9.78. The Morgan fingerprint density at radius 2 is 1.83 bits per heavy atom. The van der Waals surface area contributed by atoms with Crippen molar-refractivity contribution in [2.24, 2.45) is 17.8 Å². The molecule has 0 radical (unpaired) electrons. The maximum absolute atomic E-state index is 13.4. The maximum atomic E-state index is 13.4. The number of nitrogens with zero attached hydrogens (tertiary/aromatic N) is 2. The number of ether oxygens (including phenoxy) is 1. The van der Waals surface area contributed by atoms with Crippen LogP contribution in [0.4, 0.5) is 28.6 Å². The van der Waals surface area contributed by atoms with Gasteiger partial charge in [0.05, 0.1) is 6.54 Å². The number of anilines is 1. The van der Waals surface area contributed by atoms with Crippen molar-refractivity contribution in [3.8, 4) is 0 Å². The first-order valence-electron chi connectivity index (χ1n) is 12.2. The van der Waals surface area contributed by atoms with E-state index in [1.165, 1.54) is 12.3 Å². The minimum absolute atomic E-state index is 0.00620. The van der Waals surface area contributed by atoms with Crippen molar-refractivity contribution in [1.82, 2.24) is 20.5 Å². The van der Waals surface area contributed by atoms with Gasteiger partial charge in [-0.05, 0) is 81.9 Å². The molecular formula is C24H32F3N5O4. The number of urea groups is 1. The Morgan fingerprint density at radius 3 is 2.36 bits per heavy atom. The summed E-state index contributed by atoms with van der Waals surface area (Å²) in [5.74, 6) is 0.472. The van der Waals surface area contributed by atoms with Crippen molar-refractivity contribution in [2.45, 2.75) is 76.9 Å². The number of alkyl halides is 3. The fourth-order valence-corrected chi connectivity index (χ4v) is 4.64. The number of halogens is 3. The number of amides is 4. The molecular weight excluding hydrogens is 479 g/mol. The van der Waals surface area contributed by atoms with Crippen molar-refractivity contribution >= 4 is 23.8 Å². The van der Waals surface area contributed by atoms with Gasteiger partial charge in [-0.1, -0.05) is 0 Å². The molecule has 36 heavy (non-hydrogen) atoms. The lowest BCUT2D eigenvalue weighted by atomic mass is 9.89. The number of aromatic nitrogens is 1. The molecule has 3 N–H and O–H groups in total. The van der Waals surface area contributed by atoms with Crippen LogP contribution in [0.2, 0.25) is 0 Å². The molecule has 2 heterocycles. The summed E-state index contributed by atoms with van der Waals surface area (Å²) in [7, 11) is 0. The molecule has 1 aliphatic heterocycles. The molecule has 12 heteroatoms. The molecule has 0 bridgehead atoms. The normalized spacial score (nSPS) is 21.2. The predicted octanol–water partition coefficient (Wildman–Crippen LogP) is 3.81. The third kappa shape index (κ3) is 6.79. The second-order valence-corrected chi connectivity index (χ2v) is 10.8. The summed E-state index contributed by atoms with van der Waals surface area (Å²) in [6.07, 6.45) is 0.233. The van der Waals surface area contributed by atoms with E-state index in [4.69, 9.17) is 4.74 Å². The molecule has 2 atom stereocenters. The smallest absolute Gasteiger partial charge is 0.410 e. The first-order valence-corrected chi connectivity index (χ1v) is 12.2. The third-order valence-corrected chi connectivity index (χ3v) is 6.50. The topological polar surface area (TPSA) is 113 Å². The summed E-state index contributed by atoms with van der Waals surface area (Å²) < 4.78 is 44.3. The monoisotopic (exact) mass is 511 g/mol. The van der Waals surface area contributed by atoms with Gasteiger partial charge in [-0.2, -0.15) is 13.2 Å². The fourth-order valence-electron chi connectivity index (χ4n) is 4.64. The molecule has 1 aromatic heterocycles. The van der Waals surface area contributed by atoms with E-state index in [-0.39, 0.29) is 18.3 Å². The number of alkyl carbamates (subject to hydrolysis) is 1. The van der Waals surface area contributed by atoms with Gasteiger partial charge in [-0.15, -0.1) is 0 Å². The van der Waals surface area contributed by atoms with Crippen LogP contribution in [0.5, 0.6) is 0 Å². The van der Waals surface area contributed by atoms with Crippen LogP contribution >= 0.6 is 0 Å². The van der Waals surface area contributed by atoms with Gasteiger partial charge < -0.3 is 25.6 Å². The number of hydrogen-bond donors (Lipinski definition) is 3. The van der Waals surface area contributed by atoms with Crippen molar-refractivity contribution in [3.63, 3.8) is 0 Å². The van der Waals surface area contributed by atoms with Gasteiger partial charge in [0, 0.05) is 12.7 Å². The lowest BCUT2D eigenvalue weighted by molar-refractivity contribution is -0.149. The summed E-state index contributed by atoms with van der Waals surface area (Å²) in [6.45, 7) is 4.66. The van der Waals surface area contributed by atoms with E-state index in [0.29, 0.717) is 17.4 Å². The minimum Gasteiger partial charge on any atom is -0.444 e. The molecule has 9 nitrogen and oxygen atoms in total. The lowest BCUT2D eigenvalue weighted by Gasteiger charge is -2.29. The number of carbonyl (C=O) groups excluding carboxylic acids is 3. The summed E-state index contributed by atoms with van der Waals surface area (Å²) in [6, 6.07) is -0.454. The summed E-state index contributed by atoms with van der Waals surface area (Å²) in [4.78, 5) is 43.1. The SMILES string of the molecule is CC(C)(C)OC(=O)N[C@@H](C(=O)Nc1cc(CN2C[C@@H](C(F)(F)F)NC2=O)ccn1)C(C1CC1)C1CC1. The Kier molecular flexibility index (Phi) is 7.07. The van der Waals surface area contributed by atoms with Crippen molar-refractivity contribution in [2.75, 3.05) is 11.9 Å². The van der Waals surface area contributed by atoms with E-state index in [2.05, 4.69) is 15.6 Å². The Labute approximate surface area is 207 Å². The number of pyridine rings is 1. The number of carbonyl (C=O) groups is 3. The Bertz CT molecular complexity index is 992. The van der Waals surface area contributed by atoms with E-state index in [9.17, 15) is 27.6 Å². The molecule has 4 rings (SSSR count). The van der Waals surface area contributed by atoms with Crippen LogP contribution in [0.25, 0.3) is 0 Å². The van der Waals surface area contributed by atoms with Crippen LogP contribution in [-0.4, -0.2) is 58.3 Å². The number of hydrogen-bond acceptors (Lipinski definition) is 5. The Balaban J connectivity index is 1.44. The molecule has 2 saturated carbocycles. The van der Waals surface area contributed by atoms with E-state index in [1.807, 2.05) is 5.32 Å². The fraction of sp³-hybridized carbons (Fsp3) is 0.667. The van der Waals surface area contributed by atoms with Crippen molar-refractivity contribution < 1.29 is 32.3 Å². The van der Waals surface area contributed by atoms with E-state index in [0.717, 1.165) is 30.6 Å². The quantitative estimate of drug-likeness (QED) is 0.492. The highest BCUT2D eigenvalue weighted by Gasteiger charge is 2.49. The van der Waals surface area contributed by atoms with Crippen LogP contribution in [0, 0.1) is 17.8 Å². The van der Waals surface area contributed by atoms with Gasteiger partial charge >= 0.3 is 18.3 Å². The lowest BCUT2D eigenvalue weighted by Crippen LogP contribution is -2.51. The van der Waals surface area contributed by atoms with Gasteiger partial charge in [-0.3, -0.25) is 4.79 Å². The standard InChI is InChI=1S/C24H32F3N5O4/c1-23(2,3)36-22(35)31-19(18(14-4-5-14)15-6-7-15)20(33)30-17-10-13(8-9-28-17)11-32-12-16(24(25,26)27)29-21(32)34/h8-10,14-16,18-19H,4-7,11-12H2,1-3H3,(H,29,34)(H,31,35)(H,28,30,33)/t16-,19+/m0/s1. The highest BCUT2D eigenvalue weighted by Crippen LogP contribution is 2.50. The average molecular weight is 512 g/mol. The zero-order chi connectivity index (χ0) is 26.3. The molecule has 2 aliphatic carbocycles. The van der Waals surface area contributed by atoms with E-state index in [1.54, 1.807) is 26.8 Å². The summed E-state index contributed by atoms with van der Waals surface area (Å²) >= 11 is 0.